The summed E-state index contributed by atoms with van der Waals surface area (Å²) < 4.78 is 19.9. The van der Waals surface area contributed by atoms with Crippen molar-refractivity contribution in [3.63, 3.8) is 0 Å². The maximum atomic E-state index is 10.4. The van der Waals surface area contributed by atoms with Gasteiger partial charge in [-0.1, -0.05) is 0 Å². The summed E-state index contributed by atoms with van der Waals surface area (Å²) in [5.41, 5.74) is -0.511. The van der Waals surface area contributed by atoms with Gasteiger partial charge in [0.25, 0.3) is 11.4 Å². The zero-order valence-electron chi connectivity index (χ0n) is 16.1. The van der Waals surface area contributed by atoms with Gasteiger partial charge in [0.05, 0.1) is 0 Å². The minimum Gasteiger partial charge on any atom is -0.778 e. The molecule has 0 aromatic carbocycles. The van der Waals surface area contributed by atoms with Gasteiger partial charge in [-0.15, -0.1) is 0 Å². The maximum absolute atomic E-state index is 10.4. The van der Waals surface area contributed by atoms with Gasteiger partial charge in [0.1, 0.15) is 0 Å². The van der Waals surface area contributed by atoms with Gasteiger partial charge in [-0.25, -0.2) is 4.98 Å². The molecule has 0 fully saturated rings. The van der Waals surface area contributed by atoms with Crippen molar-refractivity contribution in [3.05, 3.63) is 49.7 Å². The Labute approximate surface area is 227 Å². The Morgan fingerprint density at radius 2 is 1.61 bits per heavy atom. The van der Waals surface area contributed by atoms with Crippen molar-refractivity contribution < 1.29 is 89.5 Å². The molecular weight excluding hydrogens is 558 g/mol. The third kappa shape index (κ3) is 14.1. The second-order valence-electron chi connectivity index (χ2n) is 4.13. The van der Waals surface area contributed by atoms with Gasteiger partial charge in [0.15, 0.2) is 25.1 Å². The van der Waals surface area contributed by atoms with Crippen molar-refractivity contribution in [2.24, 2.45) is 0 Å². The van der Waals surface area contributed by atoms with Crippen LogP contribution in [0.4, 0.5) is 0 Å². The predicted molar refractivity (Wildman–Crippen MR) is 102 cm³/mol. The summed E-state index contributed by atoms with van der Waals surface area (Å²) in [5, 5.41) is 8.69. The average Bonchev–Trinajstić information content (AvgIpc) is 2.56. The average molecular weight is 580 g/mol. The first kappa shape index (κ1) is 35.5. The third-order valence-corrected chi connectivity index (χ3v) is 2.76. The van der Waals surface area contributed by atoms with Crippen LogP contribution in [0.1, 0.15) is 0 Å². The molecule has 0 spiro atoms. The van der Waals surface area contributed by atoms with E-state index in [1.807, 2.05) is 0 Å². The van der Waals surface area contributed by atoms with E-state index in [-0.39, 0.29) is 99.6 Å². The molecule has 154 valence electrons. The fourth-order valence-electron chi connectivity index (χ4n) is 1.32. The van der Waals surface area contributed by atoms with Gasteiger partial charge < -0.3 is 69.1 Å². The maximum Gasteiger partial charge on any atom is 0.289 e. The van der Waals surface area contributed by atoms with E-state index in [0.29, 0.717) is 21.4 Å². The van der Waals surface area contributed by atoms with Gasteiger partial charge in [0, 0.05) is 85.8 Å². The Kier molecular flexibility index (Phi) is 25.8. The van der Waals surface area contributed by atoms with Gasteiger partial charge in [0.2, 0.25) is 0 Å². The van der Waals surface area contributed by atoms with Crippen LogP contribution in [0.3, 0.4) is 0 Å². The molecule has 0 unspecified atom stereocenters. The van der Waals surface area contributed by atoms with Gasteiger partial charge >= 0.3 is 0 Å². The number of hydrogen-bond donors (Lipinski definition) is 2. The van der Waals surface area contributed by atoms with Crippen LogP contribution in [0.2, 0.25) is 0 Å². The van der Waals surface area contributed by atoms with Crippen LogP contribution < -0.4 is 15.0 Å². The first-order chi connectivity index (χ1) is 11.5. The van der Waals surface area contributed by atoms with Crippen molar-refractivity contribution >= 4 is 25.3 Å². The van der Waals surface area contributed by atoms with Crippen LogP contribution in [0.5, 0.6) is 17.4 Å². The number of pyridine rings is 2. The Hall–Kier alpha value is 0.0678. The molecule has 0 aliphatic heterocycles. The van der Waals surface area contributed by atoms with E-state index in [2.05, 4.69) is 22.6 Å². The summed E-state index contributed by atoms with van der Waals surface area (Å²) in [6, 6.07) is 2.88. The Bertz CT molecular complexity index is 707. The number of nitrogens with one attached hydrogen (secondary N) is 1. The second-order valence-corrected chi connectivity index (χ2v) is 5.07. The Morgan fingerprint density at radius 1 is 1.04 bits per heavy atom. The van der Waals surface area contributed by atoms with Crippen LogP contribution in [0, 0.1) is 14.9 Å². The van der Waals surface area contributed by atoms with E-state index in [9.17, 15) is 4.79 Å². The van der Waals surface area contributed by atoms with Crippen LogP contribution in [0.15, 0.2) is 39.1 Å². The molecular formula is C16H22N2O6S2Y2-4. The summed E-state index contributed by atoms with van der Waals surface area (Å²) in [4.78, 5) is 17.7. The van der Waals surface area contributed by atoms with E-state index in [1.165, 1.54) is 32.7 Å². The van der Waals surface area contributed by atoms with Gasteiger partial charge in [-0.05, 0) is 18.3 Å². The number of rotatable bonds is 6. The molecule has 0 bridgehead atoms. The van der Waals surface area contributed by atoms with Crippen LogP contribution in [-0.4, -0.2) is 42.9 Å². The summed E-state index contributed by atoms with van der Waals surface area (Å²) in [7, 11) is 3.05. The molecule has 2 heterocycles. The SMILES string of the molecule is COCOc1cc([S-])cnc1OCOC.O=c1[nH]cc([S-])cc1O.[CH3-].[CH3-].[Y].[Y]. The molecule has 2 aromatic heterocycles. The smallest absolute Gasteiger partial charge is 0.289 e. The summed E-state index contributed by atoms with van der Waals surface area (Å²) in [6.45, 7) is 0.219. The monoisotopic (exact) mass is 580 g/mol. The summed E-state index contributed by atoms with van der Waals surface area (Å²) in [6.07, 6.45) is 2.87. The van der Waals surface area contributed by atoms with E-state index in [0.717, 1.165) is 0 Å². The number of H-pyrrole nitrogens is 1. The van der Waals surface area contributed by atoms with Crippen molar-refractivity contribution in [1.29, 1.82) is 0 Å². The Morgan fingerprint density at radius 3 is 2.11 bits per heavy atom. The van der Waals surface area contributed by atoms with Crippen molar-refractivity contribution in [2.45, 2.75) is 9.79 Å². The molecule has 28 heavy (non-hydrogen) atoms. The molecule has 0 saturated heterocycles. The summed E-state index contributed by atoms with van der Waals surface area (Å²) >= 11 is 9.58. The predicted octanol–water partition coefficient (Wildman–Crippen LogP) is 1.83. The first-order valence-corrected chi connectivity index (χ1v) is 7.28. The molecule has 2 aromatic rings. The zero-order chi connectivity index (χ0) is 17.9. The van der Waals surface area contributed by atoms with Crippen LogP contribution in [0.25, 0.3) is 0 Å². The number of hydrogen-bond acceptors (Lipinski definition) is 9. The first-order valence-electron chi connectivity index (χ1n) is 6.47. The number of aromatic nitrogens is 2. The number of methoxy groups -OCH3 is 2. The standard InChI is InChI=1S/C9H13NO4S.C5H5NO2S.2CH3.2Y/c1-11-5-13-8-3-7(15)4-10-9(8)14-6-12-2;7-4-1-3(9)2-6-5(4)8;;;;/h3-4,15H,5-6H2,1-2H3;1-2,7,9H,(H,6,8);2*1H3;;/q;;2*-1;;/p-2. The normalized spacial score (nSPS) is 8.36. The molecule has 2 rings (SSSR count). The molecule has 2 N–H and O–H groups in total. The summed E-state index contributed by atoms with van der Waals surface area (Å²) in [5.74, 6) is 0.450. The molecule has 0 atom stereocenters. The fourth-order valence-corrected chi connectivity index (χ4v) is 1.65. The van der Waals surface area contributed by atoms with E-state index < -0.39 is 5.56 Å². The molecule has 0 amide bonds. The van der Waals surface area contributed by atoms with E-state index in [1.54, 1.807) is 6.07 Å². The molecule has 0 saturated carbocycles. The quantitative estimate of drug-likeness (QED) is 0.301. The topological polar surface area (TPSA) is 103 Å². The number of aromatic amines is 1. The largest absolute Gasteiger partial charge is 0.778 e. The van der Waals surface area contributed by atoms with Crippen LogP contribution >= 0.6 is 0 Å². The number of nitrogens with zero attached hydrogens (tertiary/aromatic N) is 1. The molecule has 0 aliphatic rings. The molecule has 12 heteroatoms. The third-order valence-electron chi connectivity index (χ3n) is 2.30. The van der Waals surface area contributed by atoms with Crippen molar-refractivity contribution in [2.75, 3.05) is 27.8 Å². The molecule has 2 radical (unpaired) electrons. The van der Waals surface area contributed by atoms with E-state index in [4.69, 9.17) is 36.7 Å². The van der Waals surface area contributed by atoms with E-state index >= 15 is 0 Å². The minimum atomic E-state index is -0.511. The van der Waals surface area contributed by atoms with Gasteiger partial charge in [-0.3, -0.25) is 4.79 Å². The second kappa shape index (κ2) is 20.3. The van der Waals surface area contributed by atoms with Crippen LogP contribution in [-0.2, 0) is 100 Å². The number of aromatic hydroxyl groups is 1. The minimum absolute atomic E-state index is 0. The zero-order valence-corrected chi connectivity index (χ0v) is 23.4. The van der Waals surface area contributed by atoms with Gasteiger partial charge in [-0.2, -0.15) is 9.79 Å². The molecule has 8 nitrogen and oxygen atoms in total. The van der Waals surface area contributed by atoms with Crippen molar-refractivity contribution in [1.82, 2.24) is 9.97 Å². The number of ether oxygens (including phenoxy) is 4. The Balaban J connectivity index is -0.000000195. The molecule has 0 aliphatic carbocycles. The fraction of sp³-hybridized carbons (Fsp3) is 0.250. The van der Waals surface area contributed by atoms with Crippen molar-refractivity contribution in [3.8, 4) is 17.4 Å².